The van der Waals surface area contributed by atoms with Gasteiger partial charge in [0.2, 0.25) is 11.8 Å². The summed E-state index contributed by atoms with van der Waals surface area (Å²) in [5, 5.41) is 18.6. The Morgan fingerprint density at radius 2 is 1.58 bits per heavy atom. The van der Waals surface area contributed by atoms with E-state index in [1.165, 1.54) is 41.2 Å². The fourth-order valence-corrected chi connectivity index (χ4v) is 5.36. The molecule has 1 aromatic carbocycles. The number of methoxy groups -OCH3 is 1. The number of carbonyl (C=O) groups excluding carboxylic acids is 3. The molecule has 0 aliphatic carbocycles. The number of amides is 3. The third-order valence-corrected chi connectivity index (χ3v) is 8.18. The Bertz CT molecular complexity index is 1750. The van der Waals surface area contributed by atoms with Gasteiger partial charge in [-0.3, -0.25) is 14.4 Å². The molecule has 0 saturated carbocycles. The minimum atomic E-state index is -1.16. The first-order chi connectivity index (χ1) is 23.9. The van der Waals surface area contributed by atoms with E-state index in [-0.39, 0.29) is 49.2 Å². The van der Waals surface area contributed by atoms with Crippen molar-refractivity contribution < 1.29 is 29.0 Å². The molecule has 1 aliphatic rings. The van der Waals surface area contributed by atoms with E-state index in [0.717, 1.165) is 25.9 Å². The maximum absolute atomic E-state index is 12.6. The number of carbonyl (C=O) groups is 4. The molecule has 0 unspecified atom stereocenters. The molecule has 1 fully saturated rings. The summed E-state index contributed by atoms with van der Waals surface area (Å²) in [5.74, 6) is -1.28. The van der Waals surface area contributed by atoms with Gasteiger partial charge in [-0.1, -0.05) is 23.2 Å². The van der Waals surface area contributed by atoms with E-state index in [9.17, 15) is 19.2 Å². The van der Waals surface area contributed by atoms with Crippen LogP contribution in [0.3, 0.4) is 0 Å². The molecule has 17 heteroatoms. The predicted octanol–water partition coefficient (Wildman–Crippen LogP) is 4.19. The number of benzene rings is 1. The number of nitrogens with one attached hydrogen (secondary N) is 3. The minimum absolute atomic E-state index is 0.0289. The number of carboxylic acids is 1. The van der Waals surface area contributed by atoms with Crippen LogP contribution in [0.5, 0.6) is 0 Å². The van der Waals surface area contributed by atoms with Gasteiger partial charge in [0.15, 0.2) is 0 Å². The maximum atomic E-state index is 12.6. The number of aromatic nitrogens is 5. The van der Waals surface area contributed by atoms with Gasteiger partial charge in [-0.2, -0.15) is 0 Å². The molecule has 50 heavy (non-hydrogen) atoms. The summed E-state index contributed by atoms with van der Waals surface area (Å²) in [6, 6.07) is 10.5. The number of hydrogen-bond acceptors (Lipinski definition) is 9. The van der Waals surface area contributed by atoms with Crippen molar-refractivity contribution in [3.63, 3.8) is 0 Å². The van der Waals surface area contributed by atoms with Crippen LogP contribution in [0.2, 0.25) is 10.0 Å². The van der Waals surface area contributed by atoms with Gasteiger partial charge in [0, 0.05) is 49.2 Å². The molecule has 3 aromatic heterocycles. The highest BCUT2D eigenvalue weighted by molar-refractivity contribution is 6.30. The van der Waals surface area contributed by atoms with Crippen LogP contribution in [-0.2, 0) is 34.0 Å². The molecule has 15 nitrogen and oxygen atoms in total. The SMILES string of the molecule is CC(C)N1CCC(NC(=O)c2cncn2CC(=O)Nc2ccc(Cl)cn2)CC1.COCc1ncc(C(=O)O)n1CC(=O)Nc1ccc(Cl)cc1. The molecule has 3 amide bonds. The summed E-state index contributed by atoms with van der Waals surface area (Å²) in [6.07, 6.45) is 7.45. The molecular formula is C33H39Cl2N9O6. The molecule has 5 rings (SSSR count). The van der Waals surface area contributed by atoms with E-state index < -0.39 is 5.97 Å². The average Bonchev–Trinajstić information content (AvgIpc) is 3.71. The number of halogens is 2. The molecule has 4 heterocycles. The number of rotatable bonds is 12. The number of anilines is 2. The average molecular weight is 729 g/mol. The second kappa shape index (κ2) is 18.2. The zero-order valence-corrected chi connectivity index (χ0v) is 29.3. The highest BCUT2D eigenvalue weighted by atomic mass is 35.5. The molecule has 4 aromatic rings. The van der Waals surface area contributed by atoms with Gasteiger partial charge in [0.25, 0.3) is 5.91 Å². The van der Waals surface area contributed by atoms with Crippen molar-refractivity contribution >= 4 is 58.4 Å². The predicted molar refractivity (Wildman–Crippen MR) is 187 cm³/mol. The summed E-state index contributed by atoms with van der Waals surface area (Å²) >= 11 is 11.6. The Morgan fingerprint density at radius 1 is 0.900 bits per heavy atom. The normalized spacial score (nSPS) is 13.3. The van der Waals surface area contributed by atoms with E-state index >= 15 is 0 Å². The van der Waals surface area contributed by atoms with Gasteiger partial charge in [-0.15, -0.1) is 0 Å². The monoisotopic (exact) mass is 727 g/mol. The highest BCUT2D eigenvalue weighted by Crippen LogP contribution is 2.16. The first-order valence-corrected chi connectivity index (χ1v) is 16.5. The van der Waals surface area contributed by atoms with Crippen molar-refractivity contribution in [2.45, 2.75) is 58.5 Å². The van der Waals surface area contributed by atoms with Crippen LogP contribution in [0.15, 0.2) is 61.3 Å². The number of nitrogens with zero attached hydrogens (tertiary/aromatic N) is 6. The number of hydrogen-bond donors (Lipinski definition) is 4. The molecule has 0 radical (unpaired) electrons. The summed E-state index contributed by atoms with van der Waals surface area (Å²) in [7, 11) is 1.47. The number of carboxylic acid groups (broad SMARTS) is 1. The second-order valence-electron chi connectivity index (χ2n) is 11.6. The second-order valence-corrected chi connectivity index (χ2v) is 12.5. The van der Waals surface area contributed by atoms with E-state index in [1.807, 2.05) is 0 Å². The van der Waals surface area contributed by atoms with Gasteiger partial charge < -0.3 is 39.8 Å². The van der Waals surface area contributed by atoms with Crippen molar-refractivity contribution in [3.8, 4) is 0 Å². The van der Waals surface area contributed by atoms with Crippen LogP contribution in [0.4, 0.5) is 11.5 Å². The lowest BCUT2D eigenvalue weighted by molar-refractivity contribution is -0.117. The number of piperidine rings is 1. The van der Waals surface area contributed by atoms with Gasteiger partial charge in [0.05, 0.1) is 23.7 Å². The first kappa shape index (κ1) is 38.0. The van der Waals surface area contributed by atoms with E-state index in [2.05, 4.69) is 49.6 Å². The van der Waals surface area contributed by atoms with E-state index in [0.29, 0.717) is 39.1 Å². The lowest BCUT2D eigenvalue weighted by Crippen LogP contribution is -2.47. The topological polar surface area (TPSA) is 186 Å². The summed E-state index contributed by atoms with van der Waals surface area (Å²) in [4.78, 5) is 62.6. The van der Waals surface area contributed by atoms with Crippen molar-refractivity contribution in [1.29, 1.82) is 0 Å². The molecule has 4 N–H and O–H groups in total. The lowest BCUT2D eigenvalue weighted by Gasteiger charge is -2.34. The third kappa shape index (κ3) is 11.1. The molecule has 0 spiro atoms. The minimum Gasteiger partial charge on any atom is -0.477 e. The van der Waals surface area contributed by atoms with Crippen molar-refractivity contribution in [3.05, 3.63) is 88.6 Å². The Morgan fingerprint density at radius 3 is 2.20 bits per heavy atom. The Balaban J connectivity index is 0.000000232. The Kier molecular flexibility index (Phi) is 13.9. The molecule has 1 aliphatic heterocycles. The number of aromatic carboxylic acids is 1. The van der Waals surface area contributed by atoms with Gasteiger partial charge in [0.1, 0.15) is 42.7 Å². The van der Waals surface area contributed by atoms with Crippen LogP contribution in [-0.4, -0.2) is 90.1 Å². The van der Waals surface area contributed by atoms with E-state index in [4.69, 9.17) is 33.0 Å². The van der Waals surface area contributed by atoms with Crippen molar-refractivity contribution in [2.24, 2.45) is 0 Å². The van der Waals surface area contributed by atoms with Crippen molar-refractivity contribution in [1.82, 2.24) is 34.3 Å². The smallest absolute Gasteiger partial charge is 0.354 e. The molecule has 266 valence electrons. The summed E-state index contributed by atoms with van der Waals surface area (Å²) < 4.78 is 7.79. The summed E-state index contributed by atoms with van der Waals surface area (Å²) in [5.41, 5.74) is 0.864. The van der Waals surface area contributed by atoms with Crippen LogP contribution < -0.4 is 16.0 Å². The fourth-order valence-electron chi connectivity index (χ4n) is 5.13. The largest absolute Gasteiger partial charge is 0.477 e. The zero-order valence-electron chi connectivity index (χ0n) is 27.8. The van der Waals surface area contributed by atoms with Crippen LogP contribution in [0, 0.1) is 0 Å². The first-order valence-electron chi connectivity index (χ1n) is 15.7. The number of ether oxygens (including phenoxy) is 1. The van der Waals surface area contributed by atoms with Gasteiger partial charge in [-0.25, -0.2) is 19.7 Å². The van der Waals surface area contributed by atoms with Gasteiger partial charge >= 0.3 is 5.97 Å². The van der Waals surface area contributed by atoms with Crippen molar-refractivity contribution in [2.75, 3.05) is 30.8 Å². The number of likely N-dealkylation sites (tertiary alicyclic amines) is 1. The summed E-state index contributed by atoms with van der Waals surface area (Å²) in [6.45, 7) is 6.21. The van der Waals surface area contributed by atoms with Crippen LogP contribution >= 0.6 is 23.2 Å². The quantitative estimate of drug-likeness (QED) is 0.165. The zero-order chi connectivity index (χ0) is 36.2. The molecular weight excluding hydrogens is 689 g/mol. The third-order valence-electron chi connectivity index (χ3n) is 7.71. The van der Waals surface area contributed by atoms with Crippen LogP contribution in [0.25, 0.3) is 0 Å². The maximum Gasteiger partial charge on any atom is 0.354 e. The molecule has 0 bridgehead atoms. The molecule has 0 atom stereocenters. The Labute approximate surface area is 299 Å². The van der Waals surface area contributed by atoms with Gasteiger partial charge in [-0.05, 0) is 63.1 Å². The lowest BCUT2D eigenvalue weighted by atomic mass is 10.0. The molecule has 1 saturated heterocycles. The van der Waals surface area contributed by atoms with E-state index in [1.54, 1.807) is 36.4 Å². The fraction of sp³-hybridized carbons (Fsp3) is 0.364. The Hall–Kier alpha value is -4.83. The number of imidazole rings is 2. The standard InChI is InChI=1S/C19H25ClN6O2.C14H14ClN3O4/c1-13(2)25-7-5-15(6-8-25)23-19(28)16-10-21-12-26(16)11-18(27)24-17-4-3-14(20)9-22-17;1-22-8-12-16-6-11(14(20)21)18(12)7-13(19)17-10-4-2-9(15)3-5-10/h3-4,9-10,12-13,15H,5-8,11H2,1-2H3,(H,23,28)(H,22,24,27);2-6H,7-8H2,1H3,(H,17,19)(H,20,21). The highest BCUT2D eigenvalue weighted by Gasteiger charge is 2.24. The number of pyridine rings is 1. The van der Waals surface area contributed by atoms with Crippen LogP contribution in [0.1, 0.15) is 53.5 Å².